The van der Waals surface area contributed by atoms with E-state index in [1.165, 1.54) is 0 Å². The Morgan fingerprint density at radius 1 is 1.00 bits per heavy atom. The van der Waals surface area contributed by atoms with Gasteiger partial charge in [-0.25, -0.2) is 0 Å². The van der Waals surface area contributed by atoms with Gasteiger partial charge >= 0.3 is 0 Å². The van der Waals surface area contributed by atoms with E-state index in [9.17, 15) is 4.79 Å². The lowest BCUT2D eigenvalue weighted by Gasteiger charge is -2.27. The third-order valence-corrected chi connectivity index (χ3v) is 4.04. The van der Waals surface area contributed by atoms with Crippen molar-refractivity contribution in [1.82, 2.24) is 4.90 Å². The molecule has 2 aromatic carbocycles. The fraction of sp³-hybridized carbons (Fsp3) is 0.350. The van der Waals surface area contributed by atoms with Crippen LogP contribution in [-0.4, -0.2) is 23.4 Å². The molecule has 0 saturated heterocycles. The summed E-state index contributed by atoms with van der Waals surface area (Å²) in [6, 6.07) is 16.4. The van der Waals surface area contributed by atoms with Gasteiger partial charge in [-0.2, -0.15) is 0 Å². The molecular weight excluding hydrogens is 284 g/mol. The van der Waals surface area contributed by atoms with Gasteiger partial charge in [0.2, 0.25) is 5.91 Å². The molecule has 0 unspecified atom stereocenters. The lowest BCUT2D eigenvalue weighted by molar-refractivity contribution is -0.131. The van der Waals surface area contributed by atoms with Crippen molar-refractivity contribution in [3.63, 3.8) is 0 Å². The van der Waals surface area contributed by atoms with Crippen LogP contribution in [0.25, 0.3) is 0 Å². The van der Waals surface area contributed by atoms with Gasteiger partial charge in [0.15, 0.2) is 0 Å². The molecule has 0 spiro atoms. The number of para-hydroxylation sites is 1. The van der Waals surface area contributed by atoms with Gasteiger partial charge < -0.3 is 10.2 Å². The third-order valence-electron chi connectivity index (χ3n) is 4.04. The zero-order valence-corrected chi connectivity index (χ0v) is 14.5. The van der Waals surface area contributed by atoms with Crippen LogP contribution in [0.2, 0.25) is 0 Å². The predicted octanol–water partition coefficient (Wildman–Crippen LogP) is 4.15. The van der Waals surface area contributed by atoms with Crippen LogP contribution in [0.1, 0.15) is 30.5 Å². The maximum atomic E-state index is 12.6. The Bertz CT molecular complexity index is 630. The normalized spacial score (nSPS) is 10.7. The van der Waals surface area contributed by atoms with Crippen molar-refractivity contribution in [2.24, 2.45) is 0 Å². The number of aryl methyl sites for hydroxylation is 2. The van der Waals surface area contributed by atoms with Crippen molar-refractivity contribution >= 4 is 11.6 Å². The number of anilines is 1. The minimum Gasteiger partial charge on any atom is -0.376 e. The number of rotatable bonds is 6. The highest BCUT2D eigenvalue weighted by molar-refractivity contribution is 5.81. The average molecular weight is 310 g/mol. The Kier molecular flexibility index (Phi) is 5.80. The van der Waals surface area contributed by atoms with Gasteiger partial charge in [0, 0.05) is 18.3 Å². The van der Waals surface area contributed by atoms with E-state index in [-0.39, 0.29) is 11.9 Å². The maximum Gasteiger partial charge on any atom is 0.242 e. The minimum atomic E-state index is 0.117. The smallest absolute Gasteiger partial charge is 0.242 e. The van der Waals surface area contributed by atoms with Crippen LogP contribution in [0.5, 0.6) is 0 Å². The molecule has 0 radical (unpaired) electrons. The first-order chi connectivity index (χ1) is 11.0. The first-order valence-corrected chi connectivity index (χ1v) is 8.12. The summed E-state index contributed by atoms with van der Waals surface area (Å²) in [5, 5.41) is 3.31. The van der Waals surface area contributed by atoms with Gasteiger partial charge in [0.1, 0.15) is 0 Å². The molecule has 1 amide bonds. The molecule has 1 N–H and O–H groups in total. The second-order valence-corrected chi connectivity index (χ2v) is 6.22. The van der Waals surface area contributed by atoms with Crippen LogP contribution in [0.3, 0.4) is 0 Å². The molecule has 0 aromatic heterocycles. The highest BCUT2D eigenvalue weighted by Gasteiger charge is 2.17. The van der Waals surface area contributed by atoms with Crippen molar-refractivity contribution in [3.05, 3.63) is 65.2 Å². The van der Waals surface area contributed by atoms with Crippen LogP contribution < -0.4 is 5.32 Å². The van der Waals surface area contributed by atoms with Crippen LogP contribution >= 0.6 is 0 Å². The van der Waals surface area contributed by atoms with Gasteiger partial charge in [-0.05, 0) is 44.4 Å². The van der Waals surface area contributed by atoms with E-state index in [4.69, 9.17) is 0 Å². The molecule has 2 rings (SSSR count). The van der Waals surface area contributed by atoms with Gasteiger partial charge in [0.05, 0.1) is 6.54 Å². The monoisotopic (exact) mass is 310 g/mol. The third kappa shape index (κ3) is 4.59. The summed E-state index contributed by atoms with van der Waals surface area (Å²) in [5.41, 5.74) is 4.54. The molecule has 0 bridgehead atoms. The zero-order chi connectivity index (χ0) is 16.8. The number of hydrogen-bond donors (Lipinski definition) is 1. The topological polar surface area (TPSA) is 32.3 Å². The second kappa shape index (κ2) is 7.82. The second-order valence-electron chi connectivity index (χ2n) is 6.22. The summed E-state index contributed by atoms with van der Waals surface area (Å²) in [6.07, 6.45) is 0. The van der Waals surface area contributed by atoms with Crippen molar-refractivity contribution in [1.29, 1.82) is 0 Å². The Hall–Kier alpha value is -2.29. The summed E-state index contributed by atoms with van der Waals surface area (Å²) < 4.78 is 0. The number of benzene rings is 2. The molecule has 2 aromatic rings. The van der Waals surface area contributed by atoms with E-state index in [1.807, 2.05) is 29.2 Å². The zero-order valence-electron chi connectivity index (χ0n) is 14.5. The first-order valence-electron chi connectivity index (χ1n) is 8.12. The fourth-order valence-electron chi connectivity index (χ4n) is 2.70. The number of amides is 1. The highest BCUT2D eigenvalue weighted by atomic mass is 16.2. The number of carbonyl (C=O) groups is 1. The number of nitrogens with one attached hydrogen (secondary N) is 1. The van der Waals surface area contributed by atoms with Crippen molar-refractivity contribution in [2.45, 2.75) is 40.3 Å². The van der Waals surface area contributed by atoms with E-state index in [0.717, 1.165) is 22.4 Å². The number of carbonyl (C=O) groups excluding carboxylic acids is 1. The summed E-state index contributed by atoms with van der Waals surface area (Å²) in [5.74, 6) is 0.117. The molecular formula is C20H26N2O. The summed E-state index contributed by atoms with van der Waals surface area (Å²) >= 11 is 0. The number of nitrogens with zero attached hydrogens (tertiary/aromatic N) is 1. The van der Waals surface area contributed by atoms with E-state index in [2.05, 4.69) is 57.3 Å². The fourth-order valence-corrected chi connectivity index (χ4v) is 2.70. The molecule has 0 heterocycles. The lowest BCUT2D eigenvalue weighted by Crippen LogP contribution is -2.40. The SMILES string of the molecule is Cc1cccc(C)c1NCC(=O)N(Cc1ccccc1)C(C)C. The molecule has 0 saturated carbocycles. The Morgan fingerprint density at radius 2 is 1.61 bits per heavy atom. The maximum absolute atomic E-state index is 12.6. The molecule has 122 valence electrons. The van der Waals surface area contributed by atoms with Crippen LogP contribution in [0, 0.1) is 13.8 Å². The Balaban J connectivity index is 2.04. The molecule has 0 aliphatic heterocycles. The molecule has 0 atom stereocenters. The van der Waals surface area contributed by atoms with Gasteiger partial charge in [-0.1, -0.05) is 48.5 Å². The molecule has 23 heavy (non-hydrogen) atoms. The standard InChI is InChI=1S/C20H26N2O/c1-15(2)22(14-18-11-6-5-7-12-18)19(23)13-21-20-16(3)9-8-10-17(20)4/h5-12,15,21H,13-14H2,1-4H3. The molecule has 0 aliphatic rings. The lowest BCUT2D eigenvalue weighted by atomic mass is 10.1. The van der Waals surface area contributed by atoms with Crippen LogP contribution in [-0.2, 0) is 11.3 Å². The molecule has 3 nitrogen and oxygen atoms in total. The average Bonchev–Trinajstić information content (AvgIpc) is 2.52. The van der Waals surface area contributed by atoms with E-state index in [0.29, 0.717) is 13.1 Å². The molecule has 0 fully saturated rings. The first kappa shape index (κ1) is 17.1. The van der Waals surface area contributed by atoms with E-state index in [1.54, 1.807) is 0 Å². The molecule has 0 aliphatic carbocycles. The molecule has 3 heteroatoms. The Labute approximate surface area is 139 Å². The van der Waals surface area contributed by atoms with Crippen LogP contribution in [0.4, 0.5) is 5.69 Å². The largest absolute Gasteiger partial charge is 0.376 e. The van der Waals surface area contributed by atoms with Crippen molar-refractivity contribution in [3.8, 4) is 0 Å². The van der Waals surface area contributed by atoms with Crippen molar-refractivity contribution in [2.75, 3.05) is 11.9 Å². The highest BCUT2D eigenvalue weighted by Crippen LogP contribution is 2.19. The van der Waals surface area contributed by atoms with Gasteiger partial charge in [-0.15, -0.1) is 0 Å². The van der Waals surface area contributed by atoms with Crippen LogP contribution in [0.15, 0.2) is 48.5 Å². The Morgan fingerprint density at radius 3 is 2.17 bits per heavy atom. The van der Waals surface area contributed by atoms with Gasteiger partial charge in [0.25, 0.3) is 0 Å². The summed E-state index contributed by atoms with van der Waals surface area (Å²) in [6.45, 7) is 9.19. The quantitative estimate of drug-likeness (QED) is 0.869. The van der Waals surface area contributed by atoms with E-state index >= 15 is 0 Å². The predicted molar refractivity (Wildman–Crippen MR) is 96.5 cm³/mol. The van der Waals surface area contributed by atoms with Crippen molar-refractivity contribution < 1.29 is 4.79 Å². The number of hydrogen-bond acceptors (Lipinski definition) is 2. The van der Waals surface area contributed by atoms with Gasteiger partial charge in [-0.3, -0.25) is 4.79 Å². The summed E-state index contributed by atoms with van der Waals surface area (Å²) in [7, 11) is 0. The minimum absolute atomic E-state index is 0.117. The summed E-state index contributed by atoms with van der Waals surface area (Å²) in [4.78, 5) is 14.6. The van der Waals surface area contributed by atoms with E-state index < -0.39 is 0 Å².